The van der Waals surface area contributed by atoms with Crippen LogP contribution < -0.4 is 0 Å². The third-order valence-electron chi connectivity index (χ3n) is 10.9. The molecule has 6 aromatic carbocycles. The van der Waals surface area contributed by atoms with Crippen molar-refractivity contribution in [2.24, 2.45) is 0 Å². The first-order chi connectivity index (χ1) is 23.8. The topological polar surface area (TPSA) is 51.8 Å². The third kappa shape index (κ3) is 3.89. The molecule has 0 N–H and O–H groups in total. The molecular weight excluding hydrogens is 599 g/mol. The molecule has 8 aromatic rings. The van der Waals surface area contributed by atoms with Crippen LogP contribution >= 0.6 is 0 Å². The Hall–Kier alpha value is -5.87. The summed E-state index contributed by atoms with van der Waals surface area (Å²) in [5.41, 5.74) is 14.4. The molecule has 2 heterocycles. The zero-order valence-corrected chi connectivity index (χ0v) is 27.9. The zero-order chi connectivity index (χ0) is 33.1. The van der Waals surface area contributed by atoms with Crippen LogP contribution in [0.2, 0.25) is 0 Å². The van der Waals surface area contributed by atoms with Crippen molar-refractivity contribution in [3.63, 3.8) is 0 Å². The molecule has 4 nitrogen and oxygen atoms in total. The number of hydrogen-bond acceptors (Lipinski definition) is 4. The first-order valence-corrected chi connectivity index (χ1v) is 17.0. The fraction of sp³-hybridized carbons (Fsp3) is 0.133. The summed E-state index contributed by atoms with van der Waals surface area (Å²) in [5, 5.41) is 2.29. The summed E-state index contributed by atoms with van der Waals surface area (Å²) in [5.74, 6) is 1.99. The van der Waals surface area contributed by atoms with Gasteiger partial charge in [0.05, 0.1) is 0 Å². The average molecular weight is 632 g/mol. The lowest BCUT2D eigenvalue weighted by molar-refractivity contribution is 0.620. The van der Waals surface area contributed by atoms with Gasteiger partial charge in [0, 0.05) is 43.9 Å². The van der Waals surface area contributed by atoms with Gasteiger partial charge in [0.2, 0.25) is 0 Å². The number of rotatable bonds is 3. The third-order valence-corrected chi connectivity index (χ3v) is 10.9. The van der Waals surface area contributed by atoms with Gasteiger partial charge in [-0.3, -0.25) is 0 Å². The van der Waals surface area contributed by atoms with Crippen molar-refractivity contribution >= 4 is 21.9 Å². The largest absolute Gasteiger partial charge is 0.456 e. The smallest absolute Gasteiger partial charge is 0.164 e. The monoisotopic (exact) mass is 631 g/mol. The number of fused-ring (bicyclic) bond motifs is 10. The minimum Gasteiger partial charge on any atom is -0.456 e. The van der Waals surface area contributed by atoms with Gasteiger partial charge in [-0.05, 0) is 57.1 Å². The van der Waals surface area contributed by atoms with Crippen molar-refractivity contribution in [1.82, 2.24) is 15.0 Å². The average Bonchev–Trinajstić information content (AvgIpc) is 3.71. The quantitative estimate of drug-likeness (QED) is 0.195. The Kier molecular flexibility index (Phi) is 5.65. The number of benzene rings is 6. The van der Waals surface area contributed by atoms with Crippen LogP contribution in [0.15, 0.2) is 132 Å². The Morgan fingerprint density at radius 1 is 0.449 bits per heavy atom. The molecule has 0 unspecified atom stereocenters. The second-order valence-corrected chi connectivity index (χ2v) is 14.4. The molecule has 0 spiro atoms. The normalized spacial score (nSPS) is 14.9. The molecule has 2 aromatic heterocycles. The van der Waals surface area contributed by atoms with E-state index in [2.05, 4.69) is 131 Å². The Balaban J connectivity index is 1.20. The van der Waals surface area contributed by atoms with Crippen LogP contribution in [0, 0.1) is 0 Å². The van der Waals surface area contributed by atoms with Crippen LogP contribution in [0.25, 0.3) is 78.4 Å². The summed E-state index contributed by atoms with van der Waals surface area (Å²) in [6.07, 6.45) is 0. The molecule has 0 radical (unpaired) electrons. The van der Waals surface area contributed by atoms with Crippen LogP contribution in [0.3, 0.4) is 0 Å². The van der Waals surface area contributed by atoms with Crippen LogP contribution in [-0.4, -0.2) is 15.0 Å². The SMILES string of the molecule is CC1(C)c2ccccc2-c2ccc(-c3nc(-c4ccccc4)nc(-c4cccc5c4-c4ccc6c(oc7ccccc76)c4C5(C)C)n3)cc21. The molecule has 2 aliphatic rings. The molecule has 0 bridgehead atoms. The predicted octanol–water partition coefficient (Wildman–Crippen LogP) is 11.4. The Labute approximate surface area is 285 Å². The Morgan fingerprint density at radius 3 is 1.96 bits per heavy atom. The highest BCUT2D eigenvalue weighted by molar-refractivity contribution is 6.10. The number of furan rings is 1. The number of aromatic nitrogens is 3. The maximum Gasteiger partial charge on any atom is 0.164 e. The van der Waals surface area contributed by atoms with Gasteiger partial charge in [0.15, 0.2) is 17.5 Å². The van der Waals surface area contributed by atoms with E-state index in [0.29, 0.717) is 17.5 Å². The highest BCUT2D eigenvalue weighted by atomic mass is 16.3. The van der Waals surface area contributed by atoms with Crippen molar-refractivity contribution in [2.75, 3.05) is 0 Å². The highest BCUT2D eigenvalue weighted by Crippen LogP contribution is 2.55. The summed E-state index contributed by atoms with van der Waals surface area (Å²) in [6.45, 7) is 9.21. The van der Waals surface area contributed by atoms with Gasteiger partial charge in [0.1, 0.15) is 11.2 Å². The first kappa shape index (κ1) is 28.2. The molecule has 0 fully saturated rings. The Morgan fingerprint density at radius 2 is 1.10 bits per heavy atom. The molecule has 0 atom stereocenters. The van der Waals surface area contributed by atoms with Crippen molar-refractivity contribution in [1.29, 1.82) is 0 Å². The Bertz CT molecular complexity index is 2660. The summed E-state index contributed by atoms with van der Waals surface area (Å²) in [7, 11) is 0. The molecule has 10 rings (SSSR count). The minimum absolute atomic E-state index is 0.127. The van der Waals surface area contributed by atoms with Crippen molar-refractivity contribution in [3.05, 3.63) is 150 Å². The van der Waals surface area contributed by atoms with E-state index in [1.165, 1.54) is 38.9 Å². The van der Waals surface area contributed by atoms with Gasteiger partial charge in [-0.15, -0.1) is 0 Å². The standard InChI is InChI=1S/C45H33N3O/c1-44(2)34-18-10-8-15-28(34)29-22-21-27(25-36(29)44)42-46-41(26-13-6-5-7-14-26)47-43(48-42)33-17-12-19-35-38(33)32-24-23-31-30-16-9-11-20-37(30)49-40(31)39(32)45(35,3)4/h5-25H,1-4H3. The molecule has 0 aliphatic heterocycles. The van der Waals surface area contributed by atoms with Crippen molar-refractivity contribution in [3.8, 4) is 56.4 Å². The van der Waals surface area contributed by atoms with E-state index >= 15 is 0 Å². The summed E-state index contributed by atoms with van der Waals surface area (Å²) < 4.78 is 6.60. The van der Waals surface area contributed by atoms with Gasteiger partial charge in [0.25, 0.3) is 0 Å². The van der Waals surface area contributed by atoms with E-state index in [1.807, 2.05) is 24.3 Å². The second-order valence-electron chi connectivity index (χ2n) is 14.4. The fourth-order valence-electron chi connectivity index (χ4n) is 8.49. The van der Waals surface area contributed by atoms with Crippen molar-refractivity contribution < 1.29 is 4.42 Å². The molecule has 4 heteroatoms. The van der Waals surface area contributed by atoms with Crippen LogP contribution in [0.5, 0.6) is 0 Å². The molecule has 0 saturated heterocycles. The van der Waals surface area contributed by atoms with E-state index in [0.717, 1.165) is 44.2 Å². The maximum absolute atomic E-state index is 6.60. The fourth-order valence-corrected chi connectivity index (χ4v) is 8.49. The summed E-state index contributed by atoms with van der Waals surface area (Å²) in [6, 6.07) is 45.0. The molecule has 234 valence electrons. The predicted molar refractivity (Wildman–Crippen MR) is 199 cm³/mol. The van der Waals surface area contributed by atoms with Gasteiger partial charge in [-0.25, -0.2) is 15.0 Å². The highest BCUT2D eigenvalue weighted by Gasteiger charge is 2.40. The van der Waals surface area contributed by atoms with Gasteiger partial charge in [-0.1, -0.05) is 137 Å². The van der Waals surface area contributed by atoms with Crippen molar-refractivity contribution in [2.45, 2.75) is 38.5 Å². The molecular formula is C45H33N3O. The van der Waals surface area contributed by atoms with E-state index in [9.17, 15) is 0 Å². The molecule has 0 amide bonds. The number of nitrogens with zero attached hydrogens (tertiary/aromatic N) is 3. The molecule has 2 aliphatic carbocycles. The van der Waals surface area contributed by atoms with E-state index in [-0.39, 0.29) is 10.8 Å². The van der Waals surface area contributed by atoms with Gasteiger partial charge < -0.3 is 4.42 Å². The number of para-hydroxylation sites is 1. The molecule has 0 saturated carbocycles. The van der Waals surface area contributed by atoms with Crippen LogP contribution in [-0.2, 0) is 10.8 Å². The first-order valence-electron chi connectivity index (χ1n) is 17.0. The maximum atomic E-state index is 6.60. The lowest BCUT2D eigenvalue weighted by atomic mass is 9.81. The van der Waals surface area contributed by atoms with Crippen LogP contribution in [0.1, 0.15) is 49.9 Å². The van der Waals surface area contributed by atoms with Gasteiger partial charge in [-0.2, -0.15) is 0 Å². The number of hydrogen-bond donors (Lipinski definition) is 0. The summed E-state index contributed by atoms with van der Waals surface area (Å²) in [4.78, 5) is 15.6. The second kappa shape index (κ2) is 9.83. The van der Waals surface area contributed by atoms with Crippen LogP contribution in [0.4, 0.5) is 0 Å². The van der Waals surface area contributed by atoms with Gasteiger partial charge >= 0.3 is 0 Å². The van der Waals surface area contributed by atoms with E-state index < -0.39 is 0 Å². The van der Waals surface area contributed by atoms with E-state index in [1.54, 1.807) is 0 Å². The lowest BCUT2D eigenvalue weighted by Gasteiger charge is -2.22. The minimum atomic E-state index is -0.285. The summed E-state index contributed by atoms with van der Waals surface area (Å²) >= 11 is 0. The molecule has 49 heavy (non-hydrogen) atoms. The zero-order valence-electron chi connectivity index (χ0n) is 27.9. The van der Waals surface area contributed by atoms with E-state index in [4.69, 9.17) is 19.4 Å². The lowest BCUT2D eigenvalue weighted by Crippen LogP contribution is -2.15.